The molecule has 2 amide bonds. The van der Waals surface area contributed by atoms with Gasteiger partial charge < -0.3 is 15.7 Å². The number of anilines is 1. The number of amides is 2. The highest BCUT2D eigenvalue weighted by atomic mass is 16.4. The maximum atomic E-state index is 12.6. The van der Waals surface area contributed by atoms with E-state index < -0.39 is 11.5 Å². The van der Waals surface area contributed by atoms with E-state index in [0.717, 1.165) is 36.5 Å². The van der Waals surface area contributed by atoms with E-state index in [1.54, 1.807) is 12.3 Å². The van der Waals surface area contributed by atoms with Crippen LogP contribution in [0.5, 0.6) is 0 Å². The Labute approximate surface area is 198 Å². The third-order valence-corrected chi connectivity index (χ3v) is 6.57. The molecule has 0 atom stereocenters. The van der Waals surface area contributed by atoms with Gasteiger partial charge in [-0.1, -0.05) is 36.4 Å². The van der Waals surface area contributed by atoms with E-state index in [9.17, 15) is 19.5 Å². The molecule has 176 valence electrons. The topological polar surface area (TPSA) is 108 Å². The van der Waals surface area contributed by atoms with Crippen LogP contribution in [0.25, 0.3) is 10.8 Å². The molecular formula is C27H29N3O4. The Morgan fingerprint density at radius 3 is 2.24 bits per heavy atom. The van der Waals surface area contributed by atoms with Gasteiger partial charge in [0.2, 0.25) is 5.91 Å². The van der Waals surface area contributed by atoms with Crippen molar-refractivity contribution in [1.29, 1.82) is 0 Å². The summed E-state index contributed by atoms with van der Waals surface area (Å²) < 4.78 is 0. The minimum atomic E-state index is -1.27. The molecule has 1 heterocycles. The average Bonchev–Trinajstić information content (AvgIpc) is 2.84. The van der Waals surface area contributed by atoms with Gasteiger partial charge >= 0.3 is 5.97 Å². The largest absolute Gasteiger partial charge is 0.480 e. The zero-order valence-electron chi connectivity index (χ0n) is 19.4. The SMILES string of the molecule is CC(C)(NC(=O)[C@H]1CC[C@@H](c2ccc(NC(=O)c3cc4ccccc4cn3)cc2)CC1)C(=O)O. The molecule has 0 radical (unpaired) electrons. The number of carbonyl (C=O) groups excluding carboxylic acids is 2. The molecule has 3 aromatic rings. The fraction of sp³-hybridized carbons (Fsp3) is 0.333. The Bertz CT molecular complexity index is 1210. The molecule has 3 N–H and O–H groups in total. The number of aliphatic carboxylic acids is 1. The van der Waals surface area contributed by atoms with Crippen LogP contribution in [0.4, 0.5) is 5.69 Å². The molecule has 0 saturated heterocycles. The molecule has 4 rings (SSSR count). The van der Waals surface area contributed by atoms with E-state index in [-0.39, 0.29) is 17.7 Å². The van der Waals surface area contributed by atoms with Crippen LogP contribution >= 0.6 is 0 Å². The highest BCUT2D eigenvalue weighted by molar-refractivity contribution is 6.04. The van der Waals surface area contributed by atoms with Crippen molar-refractivity contribution in [3.05, 3.63) is 72.1 Å². The van der Waals surface area contributed by atoms with Crippen LogP contribution in [0.2, 0.25) is 0 Å². The van der Waals surface area contributed by atoms with Crippen molar-refractivity contribution in [1.82, 2.24) is 10.3 Å². The summed E-state index contributed by atoms with van der Waals surface area (Å²) in [5.74, 6) is -1.31. The summed E-state index contributed by atoms with van der Waals surface area (Å²) in [5, 5.41) is 16.7. The van der Waals surface area contributed by atoms with Gasteiger partial charge in [0.25, 0.3) is 5.91 Å². The summed E-state index contributed by atoms with van der Waals surface area (Å²) in [6.07, 6.45) is 4.86. The van der Waals surface area contributed by atoms with Crippen molar-refractivity contribution in [3.8, 4) is 0 Å². The number of benzene rings is 2. The average molecular weight is 460 g/mol. The monoisotopic (exact) mass is 459 g/mol. The number of carboxylic acids is 1. The number of pyridine rings is 1. The van der Waals surface area contributed by atoms with Crippen LogP contribution in [0.1, 0.15) is 61.5 Å². The molecule has 0 aliphatic heterocycles. The van der Waals surface area contributed by atoms with Gasteiger partial charge in [0.1, 0.15) is 11.2 Å². The zero-order valence-corrected chi connectivity index (χ0v) is 19.4. The molecule has 7 nitrogen and oxygen atoms in total. The zero-order chi connectivity index (χ0) is 24.3. The number of carboxylic acid groups (broad SMARTS) is 1. The molecule has 34 heavy (non-hydrogen) atoms. The number of fused-ring (bicyclic) bond motifs is 1. The maximum Gasteiger partial charge on any atom is 0.328 e. The number of nitrogens with one attached hydrogen (secondary N) is 2. The Morgan fingerprint density at radius 1 is 0.941 bits per heavy atom. The molecule has 1 aliphatic carbocycles. The fourth-order valence-corrected chi connectivity index (χ4v) is 4.39. The number of nitrogens with zero attached hydrogens (tertiary/aromatic N) is 1. The molecule has 0 unspecified atom stereocenters. The van der Waals surface area contributed by atoms with Crippen LogP contribution in [-0.2, 0) is 9.59 Å². The second-order valence-corrected chi connectivity index (χ2v) is 9.46. The first-order chi connectivity index (χ1) is 16.2. The lowest BCUT2D eigenvalue weighted by Gasteiger charge is -2.30. The summed E-state index contributed by atoms with van der Waals surface area (Å²) in [5.41, 5.74) is 0.973. The van der Waals surface area contributed by atoms with Crippen molar-refractivity contribution < 1.29 is 19.5 Å². The Hall–Kier alpha value is -3.74. The lowest BCUT2D eigenvalue weighted by atomic mass is 9.78. The predicted molar refractivity (Wildman–Crippen MR) is 131 cm³/mol. The molecule has 1 saturated carbocycles. The molecule has 0 bridgehead atoms. The van der Waals surface area contributed by atoms with E-state index >= 15 is 0 Å². The highest BCUT2D eigenvalue weighted by Crippen LogP contribution is 2.36. The van der Waals surface area contributed by atoms with Crippen LogP contribution in [0.3, 0.4) is 0 Å². The van der Waals surface area contributed by atoms with Gasteiger partial charge in [0.05, 0.1) is 0 Å². The quantitative estimate of drug-likeness (QED) is 0.493. The normalized spacial score (nSPS) is 18.3. The first kappa shape index (κ1) is 23.4. The summed E-state index contributed by atoms with van der Waals surface area (Å²) in [6.45, 7) is 2.99. The van der Waals surface area contributed by atoms with Crippen molar-refractivity contribution in [2.45, 2.75) is 51.0 Å². The summed E-state index contributed by atoms with van der Waals surface area (Å²) in [6, 6.07) is 17.4. The molecule has 1 fully saturated rings. The summed E-state index contributed by atoms with van der Waals surface area (Å²) in [4.78, 5) is 40.6. The predicted octanol–water partition coefficient (Wildman–Crippen LogP) is 4.74. The van der Waals surface area contributed by atoms with Crippen LogP contribution < -0.4 is 10.6 Å². The van der Waals surface area contributed by atoms with E-state index in [1.165, 1.54) is 19.4 Å². The van der Waals surface area contributed by atoms with Gasteiger partial charge in [0.15, 0.2) is 0 Å². The van der Waals surface area contributed by atoms with E-state index in [4.69, 9.17) is 0 Å². The van der Waals surface area contributed by atoms with Gasteiger partial charge in [-0.3, -0.25) is 14.6 Å². The molecule has 1 aliphatic rings. The van der Waals surface area contributed by atoms with Gasteiger partial charge in [-0.15, -0.1) is 0 Å². The van der Waals surface area contributed by atoms with Crippen molar-refractivity contribution >= 4 is 34.2 Å². The highest BCUT2D eigenvalue weighted by Gasteiger charge is 2.33. The van der Waals surface area contributed by atoms with E-state index in [0.29, 0.717) is 17.3 Å². The van der Waals surface area contributed by atoms with Crippen LogP contribution in [0, 0.1) is 5.92 Å². The molecule has 7 heteroatoms. The third kappa shape index (κ3) is 5.25. The van der Waals surface area contributed by atoms with Crippen molar-refractivity contribution in [3.63, 3.8) is 0 Å². The van der Waals surface area contributed by atoms with E-state index in [1.807, 2.05) is 48.5 Å². The minimum Gasteiger partial charge on any atom is -0.480 e. The second-order valence-electron chi connectivity index (χ2n) is 9.46. The standard InChI is InChI=1S/C27H29N3O4/c1-27(2,26(33)34)30-24(31)19-9-7-17(8-10-19)18-11-13-22(14-12-18)29-25(32)23-15-20-5-3-4-6-21(20)16-28-23/h3-6,11-17,19H,7-10H2,1-2H3,(H,29,32)(H,30,31)(H,33,34)/t17-,19+. The maximum absolute atomic E-state index is 12.6. The van der Waals surface area contributed by atoms with Gasteiger partial charge in [-0.05, 0) is 74.6 Å². The van der Waals surface area contributed by atoms with Crippen molar-refractivity contribution in [2.75, 3.05) is 5.32 Å². The number of rotatable bonds is 6. The fourth-order valence-electron chi connectivity index (χ4n) is 4.39. The Morgan fingerprint density at radius 2 is 1.59 bits per heavy atom. The molecule has 0 spiro atoms. The molecule has 2 aromatic carbocycles. The number of aromatic nitrogens is 1. The second kappa shape index (κ2) is 9.63. The Balaban J connectivity index is 1.32. The summed E-state index contributed by atoms with van der Waals surface area (Å²) in [7, 11) is 0. The van der Waals surface area contributed by atoms with Gasteiger partial charge in [0, 0.05) is 23.2 Å². The van der Waals surface area contributed by atoms with Crippen molar-refractivity contribution in [2.24, 2.45) is 5.92 Å². The van der Waals surface area contributed by atoms with Gasteiger partial charge in [-0.25, -0.2) is 4.79 Å². The first-order valence-corrected chi connectivity index (χ1v) is 11.5. The molecule has 1 aromatic heterocycles. The molecular weight excluding hydrogens is 430 g/mol. The van der Waals surface area contributed by atoms with Gasteiger partial charge in [-0.2, -0.15) is 0 Å². The first-order valence-electron chi connectivity index (χ1n) is 11.5. The lowest BCUT2D eigenvalue weighted by molar-refractivity contribution is -0.146. The lowest BCUT2D eigenvalue weighted by Crippen LogP contribution is -2.51. The third-order valence-electron chi connectivity index (χ3n) is 6.57. The number of hydrogen-bond acceptors (Lipinski definition) is 4. The smallest absolute Gasteiger partial charge is 0.328 e. The minimum absolute atomic E-state index is 0.164. The van der Waals surface area contributed by atoms with Crippen LogP contribution in [0.15, 0.2) is 60.8 Å². The number of hydrogen-bond donors (Lipinski definition) is 3. The van der Waals surface area contributed by atoms with E-state index in [2.05, 4.69) is 15.6 Å². The van der Waals surface area contributed by atoms with Crippen LogP contribution in [-0.4, -0.2) is 33.4 Å². The Kier molecular flexibility index (Phi) is 6.63. The summed E-state index contributed by atoms with van der Waals surface area (Å²) >= 11 is 0. The number of carbonyl (C=O) groups is 3.